The Kier molecular flexibility index (Phi) is 4.09. The molecule has 3 rings (SSSR count). The molecule has 3 heterocycles. The van der Waals surface area contributed by atoms with Gasteiger partial charge in [0.05, 0.1) is 6.54 Å². The molecule has 0 unspecified atom stereocenters. The van der Waals surface area contributed by atoms with E-state index in [2.05, 4.69) is 27.6 Å². The van der Waals surface area contributed by atoms with Crippen molar-refractivity contribution in [3.8, 4) is 5.82 Å². The zero-order chi connectivity index (χ0) is 16.4. The van der Waals surface area contributed by atoms with Gasteiger partial charge in [0.25, 0.3) is 0 Å². The van der Waals surface area contributed by atoms with Crippen molar-refractivity contribution >= 4 is 0 Å². The largest absolute Gasteiger partial charge is 0.360 e. The van der Waals surface area contributed by atoms with Crippen LogP contribution in [0.2, 0.25) is 0 Å². The van der Waals surface area contributed by atoms with Crippen LogP contribution in [0.5, 0.6) is 0 Å². The first-order valence-electron chi connectivity index (χ1n) is 7.57. The molecular weight excluding hydrogens is 298 g/mol. The van der Waals surface area contributed by atoms with Gasteiger partial charge in [-0.05, 0) is 30.7 Å². The molecule has 0 aliphatic carbocycles. The van der Waals surface area contributed by atoms with Crippen LogP contribution in [0.4, 0.5) is 0 Å². The molecule has 9 nitrogen and oxygen atoms in total. The number of rotatable bonds is 6. The number of hydrogen-bond donors (Lipinski definition) is 0. The predicted octanol–water partition coefficient (Wildman–Crippen LogP) is 1.08. The molecule has 3 aromatic heterocycles. The molecule has 3 aromatic rings. The topological polar surface area (TPSA) is 96.6 Å². The lowest BCUT2D eigenvalue weighted by Gasteiger charge is -2.03. The molecule has 0 amide bonds. The summed E-state index contributed by atoms with van der Waals surface area (Å²) in [6, 6.07) is 1.73. The van der Waals surface area contributed by atoms with Crippen LogP contribution in [-0.4, -0.2) is 34.5 Å². The third-order valence-corrected chi connectivity index (χ3v) is 3.62. The van der Waals surface area contributed by atoms with E-state index in [1.54, 1.807) is 28.4 Å². The maximum absolute atomic E-state index is 12.6. The van der Waals surface area contributed by atoms with Gasteiger partial charge in [0.15, 0.2) is 11.6 Å². The maximum Gasteiger partial charge on any atom is 0.334 e. The second-order valence-corrected chi connectivity index (χ2v) is 5.48. The Morgan fingerprint density at radius 2 is 2.13 bits per heavy atom. The van der Waals surface area contributed by atoms with Gasteiger partial charge in [-0.2, -0.15) is 0 Å². The van der Waals surface area contributed by atoms with E-state index < -0.39 is 0 Å². The van der Waals surface area contributed by atoms with Crippen LogP contribution in [0.1, 0.15) is 37.0 Å². The van der Waals surface area contributed by atoms with Crippen LogP contribution in [0.15, 0.2) is 21.6 Å². The Hall–Kier alpha value is -2.71. The highest BCUT2D eigenvalue weighted by atomic mass is 16.5. The molecule has 0 aliphatic rings. The normalized spacial score (nSPS) is 11.3. The smallest absolute Gasteiger partial charge is 0.334 e. The summed E-state index contributed by atoms with van der Waals surface area (Å²) >= 11 is 0. The highest BCUT2D eigenvalue weighted by Crippen LogP contribution is 2.09. The third kappa shape index (κ3) is 2.94. The fraction of sp³-hybridized carbons (Fsp3) is 0.500. The number of aromatic nitrogens is 7. The molecule has 0 aromatic carbocycles. The fourth-order valence-corrected chi connectivity index (χ4v) is 2.44. The minimum atomic E-state index is -0.194. The number of imidazole rings is 1. The lowest BCUT2D eigenvalue weighted by atomic mass is 10.3. The van der Waals surface area contributed by atoms with Gasteiger partial charge in [-0.1, -0.05) is 18.5 Å². The van der Waals surface area contributed by atoms with Crippen molar-refractivity contribution in [2.45, 2.75) is 46.7 Å². The van der Waals surface area contributed by atoms with E-state index in [0.717, 1.165) is 25.1 Å². The molecule has 0 saturated carbocycles. The molecule has 0 N–H and O–H groups in total. The van der Waals surface area contributed by atoms with Crippen molar-refractivity contribution in [3.05, 3.63) is 40.0 Å². The van der Waals surface area contributed by atoms with Crippen LogP contribution >= 0.6 is 0 Å². The van der Waals surface area contributed by atoms with Crippen LogP contribution in [0.3, 0.4) is 0 Å². The monoisotopic (exact) mass is 317 g/mol. The maximum atomic E-state index is 12.6. The molecule has 0 fully saturated rings. The highest BCUT2D eigenvalue weighted by molar-refractivity contribution is 5.25. The average molecular weight is 317 g/mol. The van der Waals surface area contributed by atoms with Gasteiger partial charge in [0, 0.05) is 24.5 Å². The van der Waals surface area contributed by atoms with Gasteiger partial charge in [0.2, 0.25) is 0 Å². The van der Waals surface area contributed by atoms with Crippen molar-refractivity contribution < 1.29 is 4.52 Å². The van der Waals surface area contributed by atoms with Crippen molar-refractivity contribution in [1.29, 1.82) is 0 Å². The Labute approximate surface area is 132 Å². The van der Waals surface area contributed by atoms with Crippen molar-refractivity contribution in [2.24, 2.45) is 0 Å². The second kappa shape index (κ2) is 6.19. The first-order chi connectivity index (χ1) is 11.1. The minimum Gasteiger partial charge on any atom is -0.360 e. The lowest BCUT2D eigenvalue weighted by Crippen LogP contribution is -2.25. The Balaban J connectivity index is 1.91. The SMILES string of the molecule is CCCCn1nnnc1Cn1cc(C)n(-c2cc(C)on2)c1=O. The zero-order valence-corrected chi connectivity index (χ0v) is 13.4. The quantitative estimate of drug-likeness (QED) is 0.675. The molecule has 9 heteroatoms. The summed E-state index contributed by atoms with van der Waals surface area (Å²) in [5.74, 6) is 1.80. The van der Waals surface area contributed by atoms with E-state index >= 15 is 0 Å². The molecular formula is C14H19N7O2. The predicted molar refractivity (Wildman–Crippen MR) is 81.4 cm³/mol. The van der Waals surface area contributed by atoms with E-state index in [1.165, 1.54) is 4.57 Å². The molecule has 0 saturated heterocycles. The van der Waals surface area contributed by atoms with E-state index in [9.17, 15) is 4.79 Å². The Morgan fingerprint density at radius 3 is 2.83 bits per heavy atom. The first-order valence-corrected chi connectivity index (χ1v) is 7.57. The van der Waals surface area contributed by atoms with Crippen LogP contribution in [0.25, 0.3) is 5.82 Å². The summed E-state index contributed by atoms with van der Waals surface area (Å²) in [5, 5.41) is 15.6. The third-order valence-electron chi connectivity index (χ3n) is 3.62. The molecule has 23 heavy (non-hydrogen) atoms. The summed E-state index contributed by atoms with van der Waals surface area (Å²) in [6.45, 7) is 6.81. The van der Waals surface area contributed by atoms with Crippen molar-refractivity contribution in [1.82, 2.24) is 34.5 Å². The van der Waals surface area contributed by atoms with Crippen molar-refractivity contribution in [2.75, 3.05) is 0 Å². The molecule has 122 valence electrons. The van der Waals surface area contributed by atoms with E-state index in [0.29, 0.717) is 23.9 Å². The van der Waals surface area contributed by atoms with Gasteiger partial charge in [0.1, 0.15) is 5.76 Å². The van der Waals surface area contributed by atoms with Gasteiger partial charge in [-0.25, -0.2) is 14.0 Å². The molecule has 0 aliphatic heterocycles. The van der Waals surface area contributed by atoms with E-state index in [-0.39, 0.29) is 5.69 Å². The lowest BCUT2D eigenvalue weighted by molar-refractivity contribution is 0.394. The van der Waals surface area contributed by atoms with Crippen molar-refractivity contribution in [3.63, 3.8) is 0 Å². The fourth-order valence-electron chi connectivity index (χ4n) is 2.44. The summed E-state index contributed by atoms with van der Waals surface area (Å²) in [4.78, 5) is 12.6. The zero-order valence-electron chi connectivity index (χ0n) is 13.4. The Bertz CT molecular complexity index is 855. The first kappa shape index (κ1) is 15.2. The Morgan fingerprint density at radius 1 is 1.30 bits per heavy atom. The van der Waals surface area contributed by atoms with Gasteiger partial charge >= 0.3 is 5.69 Å². The van der Waals surface area contributed by atoms with Gasteiger partial charge in [-0.3, -0.25) is 4.57 Å². The average Bonchev–Trinajstić information content (AvgIpc) is 3.19. The van der Waals surface area contributed by atoms with Crippen LogP contribution in [-0.2, 0) is 13.1 Å². The van der Waals surface area contributed by atoms with E-state index in [1.807, 2.05) is 6.92 Å². The van der Waals surface area contributed by atoms with E-state index in [4.69, 9.17) is 4.52 Å². The number of hydrogen-bond acceptors (Lipinski definition) is 6. The summed E-state index contributed by atoms with van der Waals surface area (Å²) in [6.07, 6.45) is 3.82. The number of tetrazole rings is 1. The number of unbranched alkanes of at least 4 members (excludes halogenated alkanes) is 1. The number of aryl methyl sites for hydroxylation is 3. The molecule has 0 bridgehead atoms. The van der Waals surface area contributed by atoms with Gasteiger partial charge < -0.3 is 4.52 Å². The van der Waals surface area contributed by atoms with Crippen LogP contribution in [0, 0.1) is 13.8 Å². The standard InChI is InChI=1S/C14H19N7O2/c1-4-5-6-20-13(15-17-18-20)9-19-8-10(2)21(14(19)22)12-7-11(3)23-16-12/h7-8H,4-6,9H2,1-3H3. The summed E-state index contributed by atoms with van der Waals surface area (Å²) < 4.78 is 9.88. The summed E-state index contributed by atoms with van der Waals surface area (Å²) in [5.41, 5.74) is 0.580. The molecule has 0 spiro atoms. The highest BCUT2D eigenvalue weighted by Gasteiger charge is 2.15. The number of nitrogens with zero attached hydrogens (tertiary/aromatic N) is 7. The van der Waals surface area contributed by atoms with Crippen LogP contribution < -0.4 is 5.69 Å². The van der Waals surface area contributed by atoms with Gasteiger partial charge in [-0.15, -0.1) is 5.10 Å². The summed E-state index contributed by atoms with van der Waals surface area (Å²) in [7, 11) is 0. The molecule has 0 radical (unpaired) electrons. The minimum absolute atomic E-state index is 0.194. The second-order valence-electron chi connectivity index (χ2n) is 5.48. The molecule has 0 atom stereocenters.